The van der Waals surface area contributed by atoms with Crippen LogP contribution in [0.1, 0.15) is 0 Å². The van der Waals surface area contributed by atoms with Gasteiger partial charge in [0.25, 0.3) is 0 Å². The standard InChI is InChI=1S/C14H11NO4/c1-19-8-5-11-13(12(17)6-8)14(18)9-3-2-7(16)4-10(9)15-11/h2-6,16-17H,1H3,(H,15,18). The highest BCUT2D eigenvalue weighted by atomic mass is 16.5. The zero-order valence-corrected chi connectivity index (χ0v) is 10.1. The van der Waals surface area contributed by atoms with E-state index in [9.17, 15) is 15.0 Å². The van der Waals surface area contributed by atoms with Gasteiger partial charge in [0, 0.05) is 23.6 Å². The van der Waals surface area contributed by atoms with Gasteiger partial charge in [-0.15, -0.1) is 0 Å². The fourth-order valence-electron chi connectivity index (χ4n) is 2.17. The Morgan fingerprint density at radius 2 is 1.89 bits per heavy atom. The highest BCUT2D eigenvalue weighted by Gasteiger charge is 2.11. The van der Waals surface area contributed by atoms with Gasteiger partial charge < -0.3 is 19.9 Å². The number of pyridine rings is 1. The van der Waals surface area contributed by atoms with Crippen molar-refractivity contribution in [1.29, 1.82) is 0 Å². The van der Waals surface area contributed by atoms with Gasteiger partial charge in [0.05, 0.1) is 23.5 Å². The van der Waals surface area contributed by atoms with Crippen molar-refractivity contribution in [3.8, 4) is 17.2 Å². The monoisotopic (exact) mass is 257 g/mol. The van der Waals surface area contributed by atoms with Gasteiger partial charge in [0.2, 0.25) is 5.43 Å². The summed E-state index contributed by atoms with van der Waals surface area (Å²) < 4.78 is 5.05. The molecule has 0 saturated heterocycles. The highest BCUT2D eigenvalue weighted by molar-refractivity contribution is 5.96. The van der Waals surface area contributed by atoms with Crippen LogP contribution in [0.4, 0.5) is 0 Å². The van der Waals surface area contributed by atoms with Crippen LogP contribution in [-0.2, 0) is 0 Å². The molecule has 0 unspecified atom stereocenters. The van der Waals surface area contributed by atoms with E-state index in [0.717, 1.165) is 0 Å². The highest BCUT2D eigenvalue weighted by Crippen LogP contribution is 2.29. The number of H-pyrrole nitrogens is 1. The summed E-state index contributed by atoms with van der Waals surface area (Å²) in [7, 11) is 1.48. The number of ether oxygens (including phenoxy) is 1. The number of aromatic nitrogens is 1. The molecule has 0 saturated carbocycles. The van der Waals surface area contributed by atoms with Gasteiger partial charge in [-0.25, -0.2) is 0 Å². The third kappa shape index (κ3) is 1.67. The lowest BCUT2D eigenvalue weighted by atomic mass is 10.1. The number of rotatable bonds is 1. The molecule has 3 rings (SSSR count). The van der Waals surface area contributed by atoms with Crippen LogP contribution in [0, 0.1) is 0 Å². The van der Waals surface area contributed by atoms with E-state index >= 15 is 0 Å². The predicted molar refractivity (Wildman–Crippen MR) is 72.0 cm³/mol. The first-order chi connectivity index (χ1) is 9.10. The summed E-state index contributed by atoms with van der Waals surface area (Å²) in [5, 5.41) is 20.0. The molecule has 1 aromatic heterocycles. The van der Waals surface area contributed by atoms with Crippen molar-refractivity contribution >= 4 is 21.8 Å². The van der Waals surface area contributed by atoms with Crippen molar-refractivity contribution in [2.45, 2.75) is 0 Å². The zero-order valence-electron chi connectivity index (χ0n) is 10.1. The molecule has 5 nitrogen and oxygen atoms in total. The summed E-state index contributed by atoms with van der Waals surface area (Å²) >= 11 is 0. The molecule has 0 fully saturated rings. The summed E-state index contributed by atoms with van der Waals surface area (Å²) in [6.45, 7) is 0. The number of phenols is 2. The molecule has 19 heavy (non-hydrogen) atoms. The number of benzene rings is 2. The van der Waals surface area contributed by atoms with Crippen LogP contribution >= 0.6 is 0 Å². The molecule has 1 heterocycles. The van der Waals surface area contributed by atoms with Gasteiger partial charge in [0.1, 0.15) is 17.2 Å². The molecule has 0 aliphatic heterocycles. The Kier molecular flexibility index (Phi) is 2.35. The van der Waals surface area contributed by atoms with Gasteiger partial charge in [-0.3, -0.25) is 4.79 Å². The number of nitrogens with one attached hydrogen (secondary N) is 1. The molecular weight excluding hydrogens is 246 g/mol. The van der Waals surface area contributed by atoms with Crippen LogP contribution in [0.3, 0.4) is 0 Å². The minimum atomic E-state index is -0.288. The van der Waals surface area contributed by atoms with Crippen molar-refractivity contribution in [3.63, 3.8) is 0 Å². The van der Waals surface area contributed by atoms with Gasteiger partial charge in [-0.2, -0.15) is 0 Å². The Labute approximate surface area is 107 Å². The van der Waals surface area contributed by atoms with Crippen LogP contribution in [0.5, 0.6) is 17.2 Å². The number of hydrogen-bond donors (Lipinski definition) is 3. The normalized spacial score (nSPS) is 11.0. The lowest BCUT2D eigenvalue weighted by Crippen LogP contribution is -2.04. The van der Waals surface area contributed by atoms with E-state index in [-0.39, 0.29) is 22.3 Å². The van der Waals surface area contributed by atoms with Gasteiger partial charge >= 0.3 is 0 Å². The predicted octanol–water partition coefficient (Wildman–Crippen LogP) is 2.10. The van der Waals surface area contributed by atoms with Gasteiger partial charge in [-0.05, 0) is 12.1 Å². The molecule has 96 valence electrons. The quantitative estimate of drug-likeness (QED) is 0.583. The van der Waals surface area contributed by atoms with E-state index in [1.807, 2.05) is 0 Å². The third-order valence-electron chi connectivity index (χ3n) is 3.07. The summed E-state index contributed by atoms with van der Waals surface area (Å²) in [4.78, 5) is 15.3. The van der Waals surface area contributed by atoms with Crippen molar-refractivity contribution in [2.24, 2.45) is 0 Å². The minimum Gasteiger partial charge on any atom is -0.508 e. The van der Waals surface area contributed by atoms with Gasteiger partial charge in [-0.1, -0.05) is 0 Å². The van der Waals surface area contributed by atoms with Crippen LogP contribution in [0.15, 0.2) is 35.1 Å². The summed E-state index contributed by atoms with van der Waals surface area (Å²) in [6, 6.07) is 7.44. The minimum absolute atomic E-state index is 0.0645. The Morgan fingerprint density at radius 3 is 2.63 bits per heavy atom. The smallest absolute Gasteiger partial charge is 0.200 e. The summed E-state index contributed by atoms with van der Waals surface area (Å²) in [5.41, 5.74) is 0.675. The number of fused-ring (bicyclic) bond motifs is 2. The molecular formula is C14H11NO4. The average molecular weight is 257 g/mol. The van der Waals surface area contributed by atoms with Crippen LogP contribution in [0.2, 0.25) is 0 Å². The molecule has 0 atom stereocenters. The molecule has 0 aliphatic carbocycles. The molecule has 3 aromatic rings. The van der Waals surface area contributed by atoms with Gasteiger partial charge in [0.15, 0.2) is 0 Å². The second-order valence-electron chi connectivity index (χ2n) is 4.25. The molecule has 0 amide bonds. The number of hydrogen-bond acceptors (Lipinski definition) is 4. The van der Waals surface area contributed by atoms with E-state index < -0.39 is 0 Å². The third-order valence-corrected chi connectivity index (χ3v) is 3.07. The first kappa shape index (κ1) is 11.4. The van der Waals surface area contributed by atoms with Crippen LogP contribution in [-0.4, -0.2) is 22.3 Å². The van der Waals surface area contributed by atoms with E-state index in [1.54, 1.807) is 6.07 Å². The number of phenolic OH excluding ortho intramolecular Hbond substituents is 2. The van der Waals surface area contributed by atoms with Crippen LogP contribution < -0.4 is 10.2 Å². The Hall–Kier alpha value is -2.69. The maximum Gasteiger partial charge on any atom is 0.200 e. The molecule has 0 bridgehead atoms. The summed E-state index contributed by atoms with van der Waals surface area (Å²) in [5.74, 6) is 0.375. The van der Waals surface area contributed by atoms with Crippen molar-refractivity contribution in [3.05, 3.63) is 40.6 Å². The number of methoxy groups -OCH3 is 1. The fraction of sp³-hybridized carbons (Fsp3) is 0.0714. The molecule has 5 heteroatoms. The number of aromatic hydroxyl groups is 2. The van der Waals surface area contributed by atoms with Crippen molar-refractivity contribution < 1.29 is 14.9 Å². The number of aromatic amines is 1. The second kappa shape index (κ2) is 3.91. The van der Waals surface area contributed by atoms with Crippen molar-refractivity contribution in [1.82, 2.24) is 4.98 Å². The Bertz CT molecular complexity index is 851. The molecule has 3 N–H and O–H groups in total. The van der Waals surface area contributed by atoms with Crippen molar-refractivity contribution in [2.75, 3.05) is 7.11 Å². The lowest BCUT2D eigenvalue weighted by molar-refractivity contribution is 0.409. The average Bonchev–Trinajstić information content (AvgIpc) is 2.37. The topological polar surface area (TPSA) is 82.6 Å². The SMILES string of the molecule is COc1cc(O)c2c(=O)c3ccc(O)cc3[nH]c2c1. The fourth-order valence-corrected chi connectivity index (χ4v) is 2.17. The maximum atomic E-state index is 12.3. The first-order valence-corrected chi connectivity index (χ1v) is 5.66. The van der Waals surface area contributed by atoms with E-state index in [1.165, 1.54) is 31.4 Å². The Morgan fingerprint density at radius 1 is 1.11 bits per heavy atom. The van der Waals surface area contributed by atoms with E-state index in [0.29, 0.717) is 22.2 Å². The maximum absolute atomic E-state index is 12.3. The largest absolute Gasteiger partial charge is 0.508 e. The lowest BCUT2D eigenvalue weighted by Gasteiger charge is -2.07. The zero-order chi connectivity index (χ0) is 13.6. The molecule has 2 aromatic carbocycles. The Balaban J connectivity index is 2.53. The van der Waals surface area contributed by atoms with Crippen LogP contribution in [0.25, 0.3) is 21.8 Å². The van der Waals surface area contributed by atoms with E-state index in [2.05, 4.69) is 4.98 Å². The summed E-state index contributed by atoms with van der Waals surface area (Å²) in [6.07, 6.45) is 0. The molecule has 0 radical (unpaired) electrons. The van der Waals surface area contributed by atoms with E-state index in [4.69, 9.17) is 4.74 Å². The second-order valence-corrected chi connectivity index (χ2v) is 4.25. The molecule has 0 aliphatic rings. The molecule has 0 spiro atoms. The first-order valence-electron chi connectivity index (χ1n) is 5.66.